The highest BCUT2D eigenvalue weighted by Crippen LogP contribution is 2.09. The fourth-order valence-electron chi connectivity index (χ4n) is 1.66. The quantitative estimate of drug-likeness (QED) is 0.846. The van der Waals surface area contributed by atoms with E-state index in [0.29, 0.717) is 6.54 Å². The van der Waals surface area contributed by atoms with Crippen LogP contribution in [-0.4, -0.2) is 28.9 Å². The number of carbonyl (C=O) groups excluding carboxylic acids is 1. The Balaban J connectivity index is 2.55. The summed E-state index contributed by atoms with van der Waals surface area (Å²) in [5.41, 5.74) is 1.03. The summed E-state index contributed by atoms with van der Waals surface area (Å²) in [4.78, 5) is 23.9. The van der Waals surface area contributed by atoms with E-state index in [4.69, 9.17) is 5.11 Å². The zero-order valence-corrected chi connectivity index (χ0v) is 10.1. The lowest BCUT2D eigenvalue weighted by Gasteiger charge is -2.20. The largest absolute Gasteiger partial charge is 0.481 e. The second-order valence-corrected chi connectivity index (χ2v) is 4.18. The van der Waals surface area contributed by atoms with Crippen molar-refractivity contribution in [1.29, 1.82) is 0 Å². The molecule has 4 heteroatoms. The molecule has 92 valence electrons. The van der Waals surface area contributed by atoms with E-state index in [0.717, 1.165) is 5.56 Å². The first kappa shape index (κ1) is 13.2. The Hall–Kier alpha value is -1.84. The standard InChI is InChI=1S/C13H17NO3/c1-10(8-12(15)16)13(17)14(2)9-11-6-4-3-5-7-11/h3-7,10H,8-9H2,1-2H3,(H,15,16). The van der Waals surface area contributed by atoms with E-state index in [9.17, 15) is 9.59 Å². The molecule has 0 aliphatic rings. The first-order valence-corrected chi connectivity index (χ1v) is 5.51. The van der Waals surface area contributed by atoms with Gasteiger partial charge in [-0.05, 0) is 5.56 Å². The number of rotatable bonds is 5. The van der Waals surface area contributed by atoms with E-state index in [-0.39, 0.29) is 12.3 Å². The predicted octanol–water partition coefficient (Wildman–Crippen LogP) is 1.76. The summed E-state index contributed by atoms with van der Waals surface area (Å²) < 4.78 is 0. The zero-order chi connectivity index (χ0) is 12.8. The van der Waals surface area contributed by atoms with E-state index in [2.05, 4.69) is 0 Å². The number of benzene rings is 1. The maximum atomic E-state index is 11.8. The van der Waals surface area contributed by atoms with Crippen molar-refractivity contribution in [3.8, 4) is 0 Å². The van der Waals surface area contributed by atoms with Gasteiger partial charge in [-0.2, -0.15) is 0 Å². The molecule has 0 aliphatic heterocycles. The maximum Gasteiger partial charge on any atom is 0.304 e. The van der Waals surface area contributed by atoms with Gasteiger partial charge < -0.3 is 10.0 Å². The van der Waals surface area contributed by atoms with E-state index in [1.54, 1.807) is 18.9 Å². The molecular weight excluding hydrogens is 218 g/mol. The van der Waals surface area contributed by atoms with Gasteiger partial charge in [-0.1, -0.05) is 37.3 Å². The third-order valence-corrected chi connectivity index (χ3v) is 2.54. The number of carboxylic acids is 1. The molecule has 0 saturated carbocycles. The smallest absolute Gasteiger partial charge is 0.304 e. The minimum absolute atomic E-state index is 0.127. The maximum absolute atomic E-state index is 11.8. The van der Waals surface area contributed by atoms with Crippen molar-refractivity contribution in [2.24, 2.45) is 5.92 Å². The van der Waals surface area contributed by atoms with E-state index in [1.807, 2.05) is 30.3 Å². The van der Waals surface area contributed by atoms with Gasteiger partial charge in [0, 0.05) is 19.5 Å². The van der Waals surface area contributed by atoms with E-state index < -0.39 is 11.9 Å². The Morgan fingerprint density at radius 2 is 1.88 bits per heavy atom. The molecule has 1 rings (SSSR count). The monoisotopic (exact) mass is 235 g/mol. The summed E-state index contributed by atoms with van der Waals surface area (Å²) in [6, 6.07) is 9.61. The fraction of sp³-hybridized carbons (Fsp3) is 0.385. The molecule has 0 bridgehead atoms. The lowest BCUT2D eigenvalue weighted by atomic mass is 10.1. The zero-order valence-electron chi connectivity index (χ0n) is 10.1. The molecule has 0 radical (unpaired) electrons. The Labute approximate surface area is 101 Å². The third kappa shape index (κ3) is 4.26. The van der Waals surface area contributed by atoms with Crippen LogP contribution in [0.4, 0.5) is 0 Å². The van der Waals surface area contributed by atoms with E-state index in [1.165, 1.54) is 0 Å². The van der Waals surface area contributed by atoms with Crippen molar-refractivity contribution in [2.75, 3.05) is 7.05 Å². The van der Waals surface area contributed by atoms with Crippen LogP contribution in [0, 0.1) is 5.92 Å². The predicted molar refractivity (Wildman–Crippen MR) is 64.3 cm³/mol. The van der Waals surface area contributed by atoms with Gasteiger partial charge in [-0.25, -0.2) is 0 Å². The molecule has 1 amide bonds. The molecule has 1 atom stereocenters. The summed E-state index contributed by atoms with van der Waals surface area (Å²) in [5.74, 6) is -1.57. The van der Waals surface area contributed by atoms with Crippen molar-refractivity contribution in [2.45, 2.75) is 19.9 Å². The molecule has 4 nitrogen and oxygen atoms in total. The van der Waals surface area contributed by atoms with Gasteiger partial charge in [-0.3, -0.25) is 9.59 Å². The topological polar surface area (TPSA) is 57.6 Å². The average Bonchev–Trinajstić information content (AvgIpc) is 2.28. The SMILES string of the molecule is CC(CC(=O)O)C(=O)N(C)Cc1ccccc1. The summed E-state index contributed by atoms with van der Waals surface area (Å²) in [6.07, 6.45) is -0.127. The molecule has 0 aromatic heterocycles. The second-order valence-electron chi connectivity index (χ2n) is 4.18. The third-order valence-electron chi connectivity index (χ3n) is 2.54. The van der Waals surface area contributed by atoms with Crippen molar-refractivity contribution in [1.82, 2.24) is 4.90 Å². The fourth-order valence-corrected chi connectivity index (χ4v) is 1.66. The summed E-state index contributed by atoms with van der Waals surface area (Å²) >= 11 is 0. The minimum Gasteiger partial charge on any atom is -0.481 e. The van der Waals surface area contributed by atoms with Crippen LogP contribution < -0.4 is 0 Å². The van der Waals surface area contributed by atoms with Crippen LogP contribution in [0.5, 0.6) is 0 Å². The average molecular weight is 235 g/mol. The minimum atomic E-state index is -0.945. The lowest BCUT2D eigenvalue weighted by Crippen LogP contribution is -2.32. The van der Waals surface area contributed by atoms with Gasteiger partial charge in [0.2, 0.25) is 5.91 Å². The molecule has 0 heterocycles. The van der Waals surface area contributed by atoms with Crippen LogP contribution in [0.3, 0.4) is 0 Å². The number of nitrogens with zero attached hydrogens (tertiary/aromatic N) is 1. The van der Waals surface area contributed by atoms with Gasteiger partial charge >= 0.3 is 5.97 Å². The molecule has 0 spiro atoms. The number of carbonyl (C=O) groups is 2. The number of carboxylic acid groups (broad SMARTS) is 1. The first-order valence-electron chi connectivity index (χ1n) is 5.51. The number of hydrogen-bond donors (Lipinski definition) is 1. The molecule has 1 aromatic carbocycles. The van der Waals surface area contributed by atoms with Gasteiger partial charge in [0.05, 0.1) is 6.42 Å². The summed E-state index contributed by atoms with van der Waals surface area (Å²) in [5, 5.41) is 8.63. The van der Waals surface area contributed by atoms with Crippen molar-refractivity contribution >= 4 is 11.9 Å². The number of amides is 1. The normalized spacial score (nSPS) is 11.9. The first-order chi connectivity index (χ1) is 8.00. The molecule has 0 fully saturated rings. The van der Waals surface area contributed by atoms with Crippen LogP contribution in [0.2, 0.25) is 0 Å². The molecule has 1 N–H and O–H groups in total. The second kappa shape index (κ2) is 6.03. The Morgan fingerprint density at radius 1 is 1.29 bits per heavy atom. The molecule has 0 saturated heterocycles. The highest BCUT2D eigenvalue weighted by atomic mass is 16.4. The van der Waals surface area contributed by atoms with Crippen LogP contribution in [-0.2, 0) is 16.1 Å². The van der Waals surface area contributed by atoms with Crippen molar-refractivity contribution in [3.63, 3.8) is 0 Å². The summed E-state index contributed by atoms with van der Waals surface area (Å²) in [6.45, 7) is 2.14. The number of aliphatic carboxylic acids is 1. The summed E-state index contributed by atoms with van der Waals surface area (Å²) in [7, 11) is 1.69. The Morgan fingerprint density at radius 3 is 2.41 bits per heavy atom. The molecule has 17 heavy (non-hydrogen) atoms. The van der Waals surface area contributed by atoms with Gasteiger partial charge in [0.25, 0.3) is 0 Å². The van der Waals surface area contributed by atoms with Crippen molar-refractivity contribution < 1.29 is 14.7 Å². The van der Waals surface area contributed by atoms with Crippen LogP contribution in [0.1, 0.15) is 18.9 Å². The molecule has 1 aromatic rings. The van der Waals surface area contributed by atoms with Gasteiger partial charge in [0.1, 0.15) is 0 Å². The number of hydrogen-bond acceptors (Lipinski definition) is 2. The highest BCUT2D eigenvalue weighted by Gasteiger charge is 2.20. The van der Waals surface area contributed by atoms with Crippen LogP contribution >= 0.6 is 0 Å². The Kier molecular flexibility index (Phi) is 4.69. The molecule has 1 unspecified atom stereocenters. The van der Waals surface area contributed by atoms with Gasteiger partial charge in [-0.15, -0.1) is 0 Å². The van der Waals surface area contributed by atoms with Crippen molar-refractivity contribution in [3.05, 3.63) is 35.9 Å². The highest BCUT2D eigenvalue weighted by molar-refractivity contribution is 5.82. The van der Waals surface area contributed by atoms with Crippen LogP contribution in [0.25, 0.3) is 0 Å². The van der Waals surface area contributed by atoms with E-state index >= 15 is 0 Å². The lowest BCUT2D eigenvalue weighted by molar-refractivity contribution is -0.143. The van der Waals surface area contributed by atoms with Gasteiger partial charge in [0.15, 0.2) is 0 Å². The molecule has 0 aliphatic carbocycles. The van der Waals surface area contributed by atoms with Crippen LogP contribution in [0.15, 0.2) is 30.3 Å². The molecular formula is C13H17NO3. The Bertz CT molecular complexity index is 389.